The highest BCUT2D eigenvalue weighted by molar-refractivity contribution is 6.03. The molecule has 0 radical (unpaired) electrons. The smallest absolute Gasteiger partial charge is 0.275 e. The molecule has 3 heterocycles. The van der Waals surface area contributed by atoms with Crippen molar-refractivity contribution in [2.45, 2.75) is 20.4 Å². The molecule has 0 atom stereocenters. The van der Waals surface area contributed by atoms with Crippen molar-refractivity contribution in [1.82, 2.24) is 29.5 Å². The quantitative estimate of drug-likeness (QED) is 0.817. The van der Waals surface area contributed by atoms with Gasteiger partial charge in [-0.2, -0.15) is 5.10 Å². The average Bonchev–Trinajstić information content (AvgIpc) is 2.88. The van der Waals surface area contributed by atoms with Gasteiger partial charge in [-0.3, -0.25) is 19.2 Å². The number of piperazine rings is 1. The number of amides is 2. The van der Waals surface area contributed by atoms with Crippen LogP contribution in [0.3, 0.4) is 0 Å². The van der Waals surface area contributed by atoms with Crippen molar-refractivity contribution in [1.29, 1.82) is 0 Å². The molecule has 26 heavy (non-hydrogen) atoms. The molecule has 2 amide bonds. The van der Waals surface area contributed by atoms with Gasteiger partial charge in [0.1, 0.15) is 0 Å². The lowest BCUT2D eigenvalue weighted by Gasteiger charge is -2.34. The molecule has 3 rings (SSSR count). The molecule has 0 bridgehead atoms. The summed E-state index contributed by atoms with van der Waals surface area (Å²) in [6, 6.07) is 0. The van der Waals surface area contributed by atoms with Crippen molar-refractivity contribution in [3.05, 3.63) is 40.7 Å². The molecule has 1 aliphatic rings. The molecule has 138 valence electrons. The zero-order valence-electron chi connectivity index (χ0n) is 15.3. The number of carbonyl (C=O) groups is 2. The van der Waals surface area contributed by atoms with E-state index in [1.54, 1.807) is 4.90 Å². The monoisotopic (exact) mass is 357 g/mol. The molecule has 1 fully saturated rings. The number of hydrogen-bond acceptors (Lipinski definition) is 6. The SMILES string of the molecule is Cc1nn(C)c(C)c1CN1CCN(C(=O)c2nccnc2C(N)=O)CC1. The maximum Gasteiger partial charge on any atom is 0.275 e. The maximum absolute atomic E-state index is 12.7. The highest BCUT2D eigenvalue weighted by Crippen LogP contribution is 2.17. The van der Waals surface area contributed by atoms with Crippen molar-refractivity contribution in [2.75, 3.05) is 26.2 Å². The van der Waals surface area contributed by atoms with Gasteiger partial charge in [-0.1, -0.05) is 0 Å². The molecule has 0 unspecified atom stereocenters. The molecule has 2 N–H and O–H groups in total. The Morgan fingerprint density at radius 2 is 1.69 bits per heavy atom. The minimum atomic E-state index is -0.748. The molecule has 9 heteroatoms. The molecule has 0 aliphatic carbocycles. The number of rotatable bonds is 4. The van der Waals surface area contributed by atoms with E-state index >= 15 is 0 Å². The Bertz CT molecular complexity index is 838. The Morgan fingerprint density at radius 3 is 2.23 bits per heavy atom. The second kappa shape index (κ2) is 7.20. The van der Waals surface area contributed by atoms with Crippen LogP contribution in [0, 0.1) is 13.8 Å². The number of aromatic nitrogens is 4. The van der Waals surface area contributed by atoms with Gasteiger partial charge in [-0.05, 0) is 13.8 Å². The fraction of sp³-hybridized carbons (Fsp3) is 0.471. The Morgan fingerprint density at radius 1 is 1.08 bits per heavy atom. The van der Waals surface area contributed by atoms with Crippen LogP contribution in [0.15, 0.2) is 12.4 Å². The predicted octanol–water partition coefficient (Wildman–Crippen LogP) is -0.116. The fourth-order valence-electron chi connectivity index (χ4n) is 3.20. The summed E-state index contributed by atoms with van der Waals surface area (Å²) in [4.78, 5) is 36.0. The molecule has 1 aliphatic heterocycles. The van der Waals surface area contributed by atoms with Crippen LogP contribution in [-0.2, 0) is 13.6 Å². The Balaban J connectivity index is 1.65. The number of primary amides is 1. The maximum atomic E-state index is 12.7. The largest absolute Gasteiger partial charge is 0.364 e. The van der Waals surface area contributed by atoms with Crippen molar-refractivity contribution < 1.29 is 9.59 Å². The summed E-state index contributed by atoms with van der Waals surface area (Å²) in [6.45, 7) is 7.50. The standard InChI is InChI=1S/C17H23N7O2/c1-11-13(12(2)22(3)21-11)10-23-6-8-24(9-7-23)17(26)15-14(16(18)25)19-4-5-20-15/h4-5H,6-10H2,1-3H3,(H2,18,25). The summed E-state index contributed by atoms with van der Waals surface area (Å²) in [5, 5.41) is 4.45. The Labute approximate surface area is 151 Å². The fourth-order valence-corrected chi connectivity index (χ4v) is 3.20. The van der Waals surface area contributed by atoms with Gasteiger partial charge in [0.2, 0.25) is 0 Å². The zero-order chi connectivity index (χ0) is 18.8. The van der Waals surface area contributed by atoms with Crippen molar-refractivity contribution in [3.8, 4) is 0 Å². The van der Waals surface area contributed by atoms with E-state index in [0.717, 1.165) is 31.0 Å². The predicted molar refractivity (Wildman–Crippen MR) is 94.4 cm³/mol. The summed E-state index contributed by atoms with van der Waals surface area (Å²) in [5.74, 6) is -1.05. The van der Waals surface area contributed by atoms with Crippen molar-refractivity contribution in [3.63, 3.8) is 0 Å². The lowest BCUT2D eigenvalue weighted by Crippen LogP contribution is -2.49. The molecular formula is C17H23N7O2. The third kappa shape index (κ3) is 3.43. The first-order valence-corrected chi connectivity index (χ1v) is 8.50. The van der Waals surface area contributed by atoms with Gasteiger partial charge in [0, 0.05) is 63.4 Å². The Kier molecular flexibility index (Phi) is 4.99. The lowest BCUT2D eigenvalue weighted by molar-refractivity contribution is 0.0618. The second-order valence-electron chi connectivity index (χ2n) is 6.46. The van der Waals surface area contributed by atoms with Gasteiger partial charge in [-0.15, -0.1) is 0 Å². The highest BCUT2D eigenvalue weighted by atomic mass is 16.2. The third-order valence-corrected chi connectivity index (χ3v) is 4.83. The van der Waals surface area contributed by atoms with Gasteiger partial charge >= 0.3 is 0 Å². The van der Waals surface area contributed by atoms with Crippen molar-refractivity contribution >= 4 is 11.8 Å². The van der Waals surface area contributed by atoms with Crippen LogP contribution in [0.1, 0.15) is 37.9 Å². The van der Waals surface area contributed by atoms with E-state index in [-0.39, 0.29) is 17.3 Å². The van der Waals surface area contributed by atoms with Crippen LogP contribution < -0.4 is 5.73 Å². The minimum Gasteiger partial charge on any atom is -0.364 e. The molecule has 0 spiro atoms. The van der Waals surface area contributed by atoms with Crippen LogP contribution in [-0.4, -0.2) is 67.5 Å². The summed E-state index contributed by atoms with van der Waals surface area (Å²) < 4.78 is 1.89. The number of nitrogens with two attached hydrogens (primary N) is 1. The van der Waals surface area contributed by atoms with E-state index in [0.29, 0.717) is 13.1 Å². The summed E-state index contributed by atoms with van der Waals surface area (Å²) in [5.41, 5.74) is 8.66. The zero-order valence-corrected chi connectivity index (χ0v) is 15.3. The van der Waals surface area contributed by atoms with Gasteiger partial charge in [0.05, 0.1) is 5.69 Å². The first kappa shape index (κ1) is 18.0. The van der Waals surface area contributed by atoms with Crippen molar-refractivity contribution in [2.24, 2.45) is 12.8 Å². The van der Waals surface area contributed by atoms with E-state index < -0.39 is 5.91 Å². The van der Waals surface area contributed by atoms with Crippen LogP contribution in [0.4, 0.5) is 0 Å². The highest BCUT2D eigenvalue weighted by Gasteiger charge is 2.27. The van der Waals surface area contributed by atoms with Crippen LogP contribution >= 0.6 is 0 Å². The van der Waals surface area contributed by atoms with Gasteiger partial charge in [-0.25, -0.2) is 9.97 Å². The summed E-state index contributed by atoms with van der Waals surface area (Å²) in [7, 11) is 1.94. The minimum absolute atomic E-state index is 0.0207. The Hall–Kier alpha value is -2.81. The first-order chi connectivity index (χ1) is 12.4. The van der Waals surface area contributed by atoms with E-state index in [2.05, 4.69) is 26.9 Å². The topological polar surface area (TPSA) is 110 Å². The number of nitrogens with zero attached hydrogens (tertiary/aromatic N) is 6. The lowest BCUT2D eigenvalue weighted by atomic mass is 10.1. The number of carbonyl (C=O) groups excluding carboxylic acids is 2. The number of hydrogen-bond donors (Lipinski definition) is 1. The van der Waals surface area contributed by atoms with E-state index in [9.17, 15) is 9.59 Å². The van der Waals surface area contributed by atoms with E-state index in [1.807, 2.05) is 18.7 Å². The molecule has 2 aromatic rings. The van der Waals surface area contributed by atoms with Gasteiger partial charge in [0.15, 0.2) is 11.4 Å². The summed E-state index contributed by atoms with van der Waals surface area (Å²) in [6.07, 6.45) is 2.75. The number of aryl methyl sites for hydroxylation is 2. The normalized spacial score (nSPS) is 15.3. The molecular weight excluding hydrogens is 334 g/mol. The first-order valence-electron chi connectivity index (χ1n) is 8.50. The average molecular weight is 357 g/mol. The van der Waals surface area contributed by atoms with Gasteiger partial charge in [0.25, 0.3) is 11.8 Å². The second-order valence-corrected chi connectivity index (χ2v) is 6.46. The van der Waals surface area contributed by atoms with Gasteiger partial charge < -0.3 is 10.6 Å². The van der Waals surface area contributed by atoms with E-state index in [1.165, 1.54) is 18.0 Å². The molecule has 0 aromatic carbocycles. The van der Waals surface area contributed by atoms with Crippen LogP contribution in [0.25, 0.3) is 0 Å². The molecule has 1 saturated heterocycles. The molecule has 9 nitrogen and oxygen atoms in total. The van der Waals surface area contributed by atoms with E-state index in [4.69, 9.17) is 5.73 Å². The molecule has 0 saturated carbocycles. The third-order valence-electron chi connectivity index (χ3n) is 4.83. The summed E-state index contributed by atoms with van der Waals surface area (Å²) >= 11 is 0. The van der Waals surface area contributed by atoms with Crippen LogP contribution in [0.5, 0.6) is 0 Å². The van der Waals surface area contributed by atoms with Crippen LogP contribution in [0.2, 0.25) is 0 Å². The molecule has 2 aromatic heterocycles.